The molecule has 3 rings (SSSR count). The van der Waals surface area contributed by atoms with Crippen LogP contribution in [0.5, 0.6) is 0 Å². The van der Waals surface area contributed by atoms with Gasteiger partial charge < -0.3 is 20.5 Å². The normalized spacial score (nSPS) is 13.1. The first-order valence-corrected chi connectivity index (χ1v) is 10.8. The highest BCUT2D eigenvalue weighted by Crippen LogP contribution is 2.44. The Morgan fingerprint density at radius 1 is 1.06 bits per heavy atom. The second kappa shape index (κ2) is 10.2. The van der Waals surface area contributed by atoms with Crippen molar-refractivity contribution in [1.82, 2.24) is 10.6 Å². The molecule has 1 aliphatic rings. The molecule has 0 saturated heterocycles. The first kappa shape index (κ1) is 23.9. The zero-order chi connectivity index (χ0) is 24.0. The Balaban J connectivity index is 1.67. The van der Waals surface area contributed by atoms with Gasteiger partial charge in [-0.25, -0.2) is 4.79 Å². The summed E-state index contributed by atoms with van der Waals surface area (Å²) in [7, 11) is 0. The van der Waals surface area contributed by atoms with Gasteiger partial charge in [-0.15, -0.1) is 11.8 Å². The van der Waals surface area contributed by atoms with E-state index in [4.69, 9.17) is 9.84 Å². The molecular formula is C26H28N2O5. The summed E-state index contributed by atoms with van der Waals surface area (Å²) in [5.74, 6) is 3.85. The van der Waals surface area contributed by atoms with Crippen LogP contribution in [0.2, 0.25) is 0 Å². The van der Waals surface area contributed by atoms with Gasteiger partial charge in [0.05, 0.1) is 6.42 Å². The van der Waals surface area contributed by atoms with Crippen molar-refractivity contribution >= 4 is 18.0 Å². The van der Waals surface area contributed by atoms with E-state index in [1.165, 1.54) is 0 Å². The first-order chi connectivity index (χ1) is 15.7. The van der Waals surface area contributed by atoms with Gasteiger partial charge in [-0.05, 0) is 43.0 Å². The maximum atomic E-state index is 12.7. The minimum atomic E-state index is -1.03. The van der Waals surface area contributed by atoms with Crippen LogP contribution in [-0.2, 0) is 14.3 Å². The van der Waals surface area contributed by atoms with E-state index in [0.29, 0.717) is 0 Å². The molecule has 172 valence electrons. The van der Waals surface area contributed by atoms with Gasteiger partial charge in [-0.1, -0.05) is 48.5 Å². The van der Waals surface area contributed by atoms with Crippen molar-refractivity contribution < 1.29 is 24.2 Å². The van der Waals surface area contributed by atoms with Gasteiger partial charge in [0.2, 0.25) is 5.91 Å². The molecule has 0 heterocycles. The summed E-state index contributed by atoms with van der Waals surface area (Å²) in [6.07, 6.45) is -0.906. The molecule has 1 aliphatic carbocycles. The molecule has 0 radical (unpaired) electrons. The highest BCUT2D eigenvalue weighted by molar-refractivity contribution is 5.87. The topological polar surface area (TPSA) is 105 Å². The van der Waals surface area contributed by atoms with E-state index in [0.717, 1.165) is 22.3 Å². The summed E-state index contributed by atoms with van der Waals surface area (Å²) in [6, 6.07) is 15.1. The standard InChI is InChI=1S/C26H28N2O5/c1-4-5-14-22(24(31)28-26(2,3)15-23(29)30)27-25(32)33-16-21-19-12-8-6-10-17(19)18-11-7-9-13-20(18)21/h6-13,21-22H,14-16H2,1-3H3,(H,27,32)(H,28,31)(H,29,30). The number of amides is 2. The fraction of sp³-hybridized carbons (Fsp3) is 0.346. The van der Waals surface area contributed by atoms with Gasteiger partial charge in [-0.2, -0.15) is 0 Å². The predicted molar refractivity (Wildman–Crippen MR) is 125 cm³/mol. The molecule has 2 aromatic rings. The average molecular weight is 449 g/mol. The Bertz CT molecular complexity index is 1070. The SMILES string of the molecule is CC#CCC(NC(=O)OCC1c2ccccc2-c2ccccc21)C(=O)NC(C)(C)CC(=O)O. The number of fused-ring (bicyclic) bond motifs is 3. The molecule has 2 amide bonds. The van der Waals surface area contributed by atoms with Crippen LogP contribution in [0.4, 0.5) is 4.79 Å². The maximum absolute atomic E-state index is 12.7. The number of benzene rings is 2. The molecule has 1 atom stereocenters. The molecule has 3 N–H and O–H groups in total. The van der Waals surface area contributed by atoms with Crippen molar-refractivity contribution in [2.45, 2.75) is 51.1 Å². The number of carboxylic acid groups (broad SMARTS) is 1. The van der Waals surface area contributed by atoms with E-state index in [1.807, 2.05) is 36.4 Å². The molecule has 33 heavy (non-hydrogen) atoms. The number of hydrogen-bond donors (Lipinski definition) is 3. The molecule has 0 aromatic heterocycles. The Labute approximate surface area is 193 Å². The summed E-state index contributed by atoms with van der Waals surface area (Å²) in [5.41, 5.74) is 3.45. The fourth-order valence-corrected chi connectivity index (χ4v) is 4.04. The minimum Gasteiger partial charge on any atom is -0.481 e. The number of alkyl carbamates (subject to hydrolysis) is 1. The average Bonchev–Trinajstić information content (AvgIpc) is 3.07. The number of carboxylic acids is 1. The Morgan fingerprint density at radius 3 is 2.18 bits per heavy atom. The smallest absolute Gasteiger partial charge is 0.407 e. The monoisotopic (exact) mass is 448 g/mol. The highest BCUT2D eigenvalue weighted by atomic mass is 16.5. The summed E-state index contributed by atoms with van der Waals surface area (Å²) in [4.78, 5) is 36.4. The molecule has 0 saturated carbocycles. The summed E-state index contributed by atoms with van der Waals surface area (Å²) in [6.45, 7) is 4.97. The lowest BCUT2D eigenvalue weighted by Crippen LogP contribution is -2.53. The van der Waals surface area contributed by atoms with E-state index >= 15 is 0 Å². The first-order valence-electron chi connectivity index (χ1n) is 10.8. The third-order valence-electron chi connectivity index (χ3n) is 5.49. The highest BCUT2D eigenvalue weighted by Gasteiger charge is 2.31. The minimum absolute atomic E-state index is 0.0790. The molecule has 0 bridgehead atoms. The molecular weight excluding hydrogens is 420 g/mol. The van der Waals surface area contributed by atoms with Crippen LogP contribution in [0, 0.1) is 11.8 Å². The number of nitrogens with one attached hydrogen (secondary N) is 2. The second-order valence-corrected chi connectivity index (χ2v) is 8.60. The number of hydrogen-bond acceptors (Lipinski definition) is 4. The van der Waals surface area contributed by atoms with Crippen LogP contribution in [0.3, 0.4) is 0 Å². The van der Waals surface area contributed by atoms with Gasteiger partial charge in [0.25, 0.3) is 0 Å². The lowest BCUT2D eigenvalue weighted by Gasteiger charge is -2.27. The van der Waals surface area contributed by atoms with E-state index in [9.17, 15) is 14.4 Å². The van der Waals surface area contributed by atoms with E-state index in [1.54, 1.807) is 20.8 Å². The number of aliphatic carboxylic acids is 1. The van der Waals surface area contributed by atoms with Crippen molar-refractivity contribution in [3.05, 3.63) is 59.7 Å². The third-order valence-corrected chi connectivity index (χ3v) is 5.49. The number of carbonyl (C=O) groups excluding carboxylic acids is 2. The van der Waals surface area contributed by atoms with Crippen molar-refractivity contribution in [3.8, 4) is 23.0 Å². The molecule has 1 unspecified atom stereocenters. The van der Waals surface area contributed by atoms with E-state index in [-0.39, 0.29) is 25.4 Å². The van der Waals surface area contributed by atoms with Crippen LogP contribution in [0.15, 0.2) is 48.5 Å². The van der Waals surface area contributed by atoms with Crippen LogP contribution in [-0.4, -0.2) is 41.3 Å². The molecule has 7 nitrogen and oxygen atoms in total. The molecule has 0 spiro atoms. The Hall–Kier alpha value is -3.79. The van der Waals surface area contributed by atoms with Gasteiger partial charge >= 0.3 is 12.1 Å². The van der Waals surface area contributed by atoms with Gasteiger partial charge in [0.1, 0.15) is 12.6 Å². The zero-order valence-electron chi connectivity index (χ0n) is 19.0. The zero-order valence-corrected chi connectivity index (χ0v) is 19.0. The largest absolute Gasteiger partial charge is 0.481 e. The third kappa shape index (κ3) is 5.92. The van der Waals surface area contributed by atoms with Crippen LogP contribution < -0.4 is 10.6 Å². The summed E-state index contributed by atoms with van der Waals surface area (Å²) in [5, 5.41) is 14.3. The molecule has 0 aliphatic heterocycles. The fourth-order valence-electron chi connectivity index (χ4n) is 4.04. The quantitative estimate of drug-likeness (QED) is 0.535. The second-order valence-electron chi connectivity index (χ2n) is 8.60. The molecule has 2 aromatic carbocycles. The van der Waals surface area contributed by atoms with Crippen molar-refractivity contribution in [2.75, 3.05) is 6.61 Å². The number of carbonyl (C=O) groups is 3. The molecule has 7 heteroatoms. The van der Waals surface area contributed by atoms with Crippen molar-refractivity contribution in [3.63, 3.8) is 0 Å². The van der Waals surface area contributed by atoms with E-state index in [2.05, 4.69) is 34.6 Å². The lowest BCUT2D eigenvalue weighted by atomic mass is 9.98. The number of ether oxygens (including phenoxy) is 1. The lowest BCUT2D eigenvalue weighted by molar-refractivity contribution is -0.138. The van der Waals surface area contributed by atoms with Gasteiger partial charge in [0, 0.05) is 17.9 Å². The van der Waals surface area contributed by atoms with Gasteiger partial charge in [-0.3, -0.25) is 9.59 Å². The van der Waals surface area contributed by atoms with Crippen molar-refractivity contribution in [1.29, 1.82) is 0 Å². The predicted octanol–water partition coefficient (Wildman–Crippen LogP) is 3.68. The van der Waals surface area contributed by atoms with Crippen molar-refractivity contribution in [2.24, 2.45) is 0 Å². The van der Waals surface area contributed by atoms with E-state index < -0.39 is 29.6 Å². The Kier molecular flexibility index (Phi) is 7.39. The summed E-state index contributed by atoms with van der Waals surface area (Å²) < 4.78 is 5.52. The molecule has 0 fully saturated rings. The van der Waals surface area contributed by atoms with Gasteiger partial charge in [0.15, 0.2) is 0 Å². The van der Waals surface area contributed by atoms with Crippen LogP contribution in [0.1, 0.15) is 50.7 Å². The summed E-state index contributed by atoms with van der Waals surface area (Å²) >= 11 is 0. The Morgan fingerprint density at radius 2 is 1.64 bits per heavy atom. The van der Waals surface area contributed by atoms with Crippen LogP contribution >= 0.6 is 0 Å². The van der Waals surface area contributed by atoms with Crippen LogP contribution in [0.25, 0.3) is 11.1 Å². The maximum Gasteiger partial charge on any atom is 0.407 e. The number of rotatable bonds is 8.